The molecule has 2 heteroatoms. The van der Waals surface area contributed by atoms with E-state index in [1.807, 2.05) is 54.8 Å². The van der Waals surface area contributed by atoms with Crippen molar-refractivity contribution < 1.29 is 4.79 Å². The van der Waals surface area contributed by atoms with Gasteiger partial charge in [-0.2, -0.15) is 0 Å². The molecule has 0 aliphatic carbocycles. The summed E-state index contributed by atoms with van der Waals surface area (Å²) >= 11 is 1.61. The lowest BCUT2D eigenvalue weighted by molar-refractivity contribution is 0.103. The van der Waals surface area contributed by atoms with Gasteiger partial charge in [0.15, 0.2) is 5.78 Å². The minimum Gasteiger partial charge on any atom is -0.289 e. The standard InChI is InChI=1S/C16H16OS/c1-3-12-8-10-13(11-9-12)16(17)14-6-4-5-7-15(14)18-2/h4-11H,3H2,1-2H3. The van der Waals surface area contributed by atoms with Gasteiger partial charge in [-0.15, -0.1) is 11.8 Å². The summed E-state index contributed by atoms with van der Waals surface area (Å²) in [4.78, 5) is 13.4. The number of carbonyl (C=O) groups excluding carboxylic acids is 1. The van der Waals surface area contributed by atoms with Gasteiger partial charge in [0.05, 0.1) is 0 Å². The molecule has 0 aliphatic heterocycles. The van der Waals surface area contributed by atoms with Crippen molar-refractivity contribution in [3.63, 3.8) is 0 Å². The molecule has 18 heavy (non-hydrogen) atoms. The Labute approximate surface area is 112 Å². The summed E-state index contributed by atoms with van der Waals surface area (Å²) in [6.07, 6.45) is 2.99. The molecule has 0 aliphatic rings. The van der Waals surface area contributed by atoms with E-state index in [0.717, 1.165) is 22.4 Å². The number of ketones is 1. The van der Waals surface area contributed by atoms with Crippen molar-refractivity contribution in [2.45, 2.75) is 18.2 Å². The first-order chi connectivity index (χ1) is 8.76. The minimum absolute atomic E-state index is 0.0996. The van der Waals surface area contributed by atoms with E-state index in [2.05, 4.69) is 6.92 Å². The van der Waals surface area contributed by atoms with Crippen LogP contribution in [0.2, 0.25) is 0 Å². The van der Waals surface area contributed by atoms with Crippen LogP contribution in [0.3, 0.4) is 0 Å². The third kappa shape index (κ3) is 2.65. The zero-order valence-corrected chi connectivity index (χ0v) is 11.5. The van der Waals surface area contributed by atoms with E-state index in [1.165, 1.54) is 5.56 Å². The lowest BCUT2D eigenvalue weighted by Gasteiger charge is -2.06. The van der Waals surface area contributed by atoms with Crippen LogP contribution in [-0.2, 0) is 6.42 Å². The molecule has 0 heterocycles. The summed E-state index contributed by atoms with van der Waals surface area (Å²) in [6, 6.07) is 15.6. The number of thioether (sulfide) groups is 1. The van der Waals surface area contributed by atoms with Gasteiger partial charge in [-0.25, -0.2) is 0 Å². The van der Waals surface area contributed by atoms with Crippen molar-refractivity contribution in [1.82, 2.24) is 0 Å². The Kier molecular flexibility index (Phi) is 4.21. The first-order valence-corrected chi connectivity index (χ1v) is 7.25. The molecule has 2 aromatic rings. The second-order valence-corrected chi connectivity index (χ2v) is 4.93. The largest absolute Gasteiger partial charge is 0.289 e. The average Bonchev–Trinajstić information content (AvgIpc) is 2.46. The van der Waals surface area contributed by atoms with Crippen LogP contribution in [0.25, 0.3) is 0 Å². The van der Waals surface area contributed by atoms with Gasteiger partial charge in [0.2, 0.25) is 0 Å². The number of hydrogen-bond acceptors (Lipinski definition) is 2. The third-order valence-electron chi connectivity index (χ3n) is 2.98. The van der Waals surface area contributed by atoms with Gasteiger partial charge < -0.3 is 0 Å². The Morgan fingerprint density at radius 2 is 1.72 bits per heavy atom. The molecule has 0 N–H and O–H groups in total. The van der Waals surface area contributed by atoms with Crippen LogP contribution in [-0.4, -0.2) is 12.0 Å². The molecule has 2 aromatic carbocycles. The van der Waals surface area contributed by atoms with Crippen molar-refractivity contribution in [2.24, 2.45) is 0 Å². The monoisotopic (exact) mass is 256 g/mol. The lowest BCUT2D eigenvalue weighted by Crippen LogP contribution is -2.02. The molecule has 1 nitrogen and oxygen atoms in total. The predicted octanol–water partition coefficient (Wildman–Crippen LogP) is 4.20. The maximum absolute atomic E-state index is 12.4. The summed E-state index contributed by atoms with van der Waals surface area (Å²) in [6.45, 7) is 2.11. The molecule has 0 unspecified atom stereocenters. The Hall–Kier alpha value is -1.54. The van der Waals surface area contributed by atoms with E-state index in [1.54, 1.807) is 11.8 Å². The van der Waals surface area contributed by atoms with Crippen LogP contribution in [0.4, 0.5) is 0 Å². The Morgan fingerprint density at radius 1 is 1.06 bits per heavy atom. The molecule has 0 atom stereocenters. The molecule has 0 radical (unpaired) electrons. The molecule has 0 saturated heterocycles. The molecular weight excluding hydrogens is 240 g/mol. The summed E-state index contributed by atoms with van der Waals surface area (Å²) in [5, 5.41) is 0. The van der Waals surface area contributed by atoms with E-state index in [0.29, 0.717) is 0 Å². The summed E-state index contributed by atoms with van der Waals surface area (Å²) in [7, 11) is 0. The van der Waals surface area contributed by atoms with Gasteiger partial charge in [-0.05, 0) is 30.4 Å². The fourth-order valence-corrected chi connectivity index (χ4v) is 2.47. The molecule has 0 amide bonds. The van der Waals surface area contributed by atoms with Gasteiger partial charge >= 0.3 is 0 Å². The highest BCUT2D eigenvalue weighted by molar-refractivity contribution is 7.98. The van der Waals surface area contributed by atoms with Crippen LogP contribution >= 0.6 is 11.8 Å². The third-order valence-corrected chi connectivity index (χ3v) is 3.77. The van der Waals surface area contributed by atoms with Crippen molar-refractivity contribution in [2.75, 3.05) is 6.26 Å². The summed E-state index contributed by atoms with van der Waals surface area (Å²) in [5.74, 6) is 0.0996. The topological polar surface area (TPSA) is 17.1 Å². The highest BCUT2D eigenvalue weighted by Crippen LogP contribution is 2.22. The molecule has 2 rings (SSSR count). The second kappa shape index (κ2) is 5.87. The molecular formula is C16H16OS. The quantitative estimate of drug-likeness (QED) is 0.602. The van der Waals surface area contributed by atoms with Crippen LogP contribution < -0.4 is 0 Å². The minimum atomic E-state index is 0.0996. The average molecular weight is 256 g/mol. The molecule has 92 valence electrons. The van der Waals surface area contributed by atoms with Gasteiger partial charge in [0, 0.05) is 16.0 Å². The second-order valence-electron chi connectivity index (χ2n) is 4.08. The SMILES string of the molecule is CCc1ccc(C(=O)c2ccccc2SC)cc1. The van der Waals surface area contributed by atoms with Gasteiger partial charge in [0.1, 0.15) is 0 Å². The van der Waals surface area contributed by atoms with Gasteiger partial charge in [-0.3, -0.25) is 4.79 Å². The number of carbonyl (C=O) groups is 1. The van der Waals surface area contributed by atoms with Gasteiger partial charge in [0.25, 0.3) is 0 Å². The van der Waals surface area contributed by atoms with E-state index < -0.39 is 0 Å². The Balaban J connectivity index is 2.35. The van der Waals surface area contributed by atoms with Crippen LogP contribution in [0.5, 0.6) is 0 Å². The zero-order valence-electron chi connectivity index (χ0n) is 10.6. The zero-order chi connectivity index (χ0) is 13.0. The van der Waals surface area contributed by atoms with Crippen molar-refractivity contribution >= 4 is 17.5 Å². The van der Waals surface area contributed by atoms with E-state index >= 15 is 0 Å². The molecule has 0 aromatic heterocycles. The summed E-state index contributed by atoms with van der Waals surface area (Å²) < 4.78 is 0. The molecule has 0 bridgehead atoms. The Bertz CT molecular complexity index is 543. The highest BCUT2D eigenvalue weighted by atomic mass is 32.2. The van der Waals surface area contributed by atoms with Gasteiger partial charge in [-0.1, -0.05) is 43.3 Å². The van der Waals surface area contributed by atoms with E-state index in [4.69, 9.17) is 0 Å². The van der Waals surface area contributed by atoms with Crippen molar-refractivity contribution in [1.29, 1.82) is 0 Å². The first kappa shape index (κ1) is 12.9. The maximum Gasteiger partial charge on any atom is 0.194 e. The smallest absolute Gasteiger partial charge is 0.194 e. The normalized spacial score (nSPS) is 10.3. The molecule has 0 saturated carbocycles. The molecule has 0 fully saturated rings. The van der Waals surface area contributed by atoms with Crippen LogP contribution in [0, 0.1) is 0 Å². The molecule has 0 spiro atoms. The van der Waals surface area contributed by atoms with E-state index in [-0.39, 0.29) is 5.78 Å². The lowest BCUT2D eigenvalue weighted by atomic mass is 10.0. The fourth-order valence-electron chi connectivity index (χ4n) is 1.88. The highest BCUT2D eigenvalue weighted by Gasteiger charge is 2.12. The maximum atomic E-state index is 12.4. The van der Waals surface area contributed by atoms with Crippen LogP contribution in [0.15, 0.2) is 53.4 Å². The fraction of sp³-hybridized carbons (Fsp3) is 0.188. The van der Waals surface area contributed by atoms with E-state index in [9.17, 15) is 4.79 Å². The predicted molar refractivity (Wildman–Crippen MR) is 77.5 cm³/mol. The van der Waals surface area contributed by atoms with Crippen LogP contribution in [0.1, 0.15) is 28.4 Å². The number of rotatable bonds is 4. The van der Waals surface area contributed by atoms with Crippen molar-refractivity contribution in [3.8, 4) is 0 Å². The number of hydrogen-bond donors (Lipinski definition) is 0. The number of benzene rings is 2. The van der Waals surface area contributed by atoms with Crippen molar-refractivity contribution in [3.05, 3.63) is 65.2 Å². The Morgan fingerprint density at radius 3 is 2.33 bits per heavy atom. The summed E-state index contributed by atoms with van der Waals surface area (Å²) in [5.41, 5.74) is 2.80. The first-order valence-electron chi connectivity index (χ1n) is 6.03. The number of aryl methyl sites for hydroxylation is 1.